The molecule has 3 atom stereocenters. The van der Waals surface area contributed by atoms with E-state index < -0.39 is 60.7 Å². The highest BCUT2D eigenvalue weighted by Crippen LogP contribution is 2.43. The number of fused-ring (bicyclic) bond motifs is 1. The van der Waals surface area contributed by atoms with Crippen LogP contribution in [0.25, 0.3) is 5.65 Å². The monoisotopic (exact) mass is 523 g/mol. The summed E-state index contributed by atoms with van der Waals surface area (Å²) in [6.45, 7) is -0.715. The molecular weight excluding hydrogens is 501 g/mol. The number of hydrogen-bond donors (Lipinski definition) is 3. The number of halogens is 6. The summed E-state index contributed by atoms with van der Waals surface area (Å²) < 4.78 is 68.2. The van der Waals surface area contributed by atoms with Gasteiger partial charge in [-0.1, -0.05) is 11.6 Å². The van der Waals surface area contributed by atoms with Crippen molar-refractivity contribution < 1.29 is 36.6 Å². The first-order valence-electron chi connectivity index (χ1n) is 11.0. The molecule has 2 aromatic heterocycles. The van der Waals surface area contributed by atoms with E-state index in [0.717, 1.165) is 0 Å². The third kappa shape index (κ3) is 4.92. The Bertz CT molecular complexity index is 1150. The number of carboxylic acid groups (broad SMARTS) is 1. The second kappa shape index (κ2) is 8.84. The third-order valence-corrected chi connectivity index (χ3v) is 7.31. The molecule has 4 N–H and O–H groups in total. The average molecular weight is 524 g/mol. The Morgan fingerprint density at radius 3 is 2.60 bits per heavy atom. The number of carboxylic acids is 1. The Morgan fingerprint density at radius 2 is 2.00 bits per heavy atom. The number of piperidine rings is 1. The molecular formula is C21H23ClF5N5O3. The van der Waals surface area contributed by atoms with Crippen LogP contribution in [-0.2, 0) is 16.0 Å². The maximum atomic E-state index is 13.5. The number of amides is 1. The predicted octanol–water partition coefficient (Wildman–Crippen LogP) is 3.52. The highest BCUT2D eigenvalue weighted by Gasteiger charge is 2.56. The highest BCUT2D eigenvalue weighted by molar-refractivity contribution is 6.31. The van der Waals surface area contributed by atoms with Crippen LogP contribution < -0.4 is 11.1 Å². The first-order chi connectivity index (χ1) is 16.2. The number of nitrogens with zero attached hydrogens (tertiary/aromatic N) is 3. The molecule has 0 aromatic carbocycles. The summed E-state index contributed by atoms with van der Waals surface area (Å²) in [5.41, 5.74) is 4.34. The van der Waals surface area contributed by atoms with Gasteiger partial charge in [0, 0.05) is 31.9 Å². The first-order valence-corrected chi connectivity index (χ1v) is 11.4. The zero-order chi connectivity index (χ0) is 25.8. The number of hydrogen-bond acceptors (Lipinski definition) is 5. The summed E-state index contributed by atoms with van der Waals surface area (Å²) >= 11 is 6.25. The fourth-order valence-electron chi connectivity index (χ4n) is 4.80. The molecule has 1 amide bonds. The van der Waals surface area contributed by atoms with Gasteiger partial charge in [-0.3, -0.25) is 9.59 Å². The second-order valence-electron chi connectivity index (χ2n) is 9.34. The number of carbonyl (C=O) groups excluding carboxylic acids is 1. The summed E-state index contributed by atoms with van der Waals surface area (Å²) in [6, 6.07) is 0.684. The molecule has 4 rings (SSSR count). The molecule has 2 aliphatic rings. The number of imidazole rings is 1. The topological polar surface area (TPSA) is 123 Å². The van der Waals surface area contributed by atoms with Crippen molar-refractivity contribution in [1.29, 1.82) is 0 Å². The quantitative estimate of drug-likeness (QED) is 0.407. The Hall–Kier alpha value is -2.54. The van der Waals surface area contributed by atoms with Crippen molar-refractivity contribution in [2.45, 2.75) is 56.7 Å². The summed E-state index contributed by atoms with van der Waals surface area (Å²) in [5, 5.41) is 16.0. The van der Waals surface area contributed by atoms with Crippen LogP contribution in [0.1, 0.15) is 49.5 Å². The van der Waals surface area contributed by atoms with Crippen molar-refractivity contribution in [3.05, 3.63) is 28.7 Å². The Kier molecular flexibility index (Phi) is 6.45. The first kappa shape index (κ1) is 25.5. The lowest BCUT2D eigenvalue weighted by molar-refractivity contribution is -0.194. The van der Waals surface area contributed by atoms with Gasteiger partial charge < -0.3 is 16.2 Å². The lowest BCUT2D eigenvalue weighted by atomic mass is 9.72. The fraction of sp³-hybridized carbons (Fsp3) is 0.619. The van der Waals surface area contributed by atoms with Gasteiger partial charge in [-0.2, -0.15) is 18.3 Å². The Labute approximate surface area is 201 Å². The SMILES string of the molecule is N[C@H](c1cn2nc(C[C@@]3(C(=O)O)C[C@@H](C(F)(F)F)CNC3=O)c(Cl)cc2n1)C1CCC(F)(F)CC1. The molecule has 1 aliphatic heterocycles. The van der Waals surface area contributed by atoms with Crippen LogP contribution in [0.5, 0.6) is 0 Å². The van der Waals surface area contributed by atoms with E-state index in [0.29, 0.717) is 5.69 Å². The average Bonchev–Trinajstić information content (AvgIpc) is 3.16. The number of nitrogens with one attached hydrogen (secondary N) is 1. The molecule has 0 unspecified atom stereocenters. The van der Waals surface area contributed by atoms with Crippen LogP contribution in [0.3, 0.4) is 0 Å². The van der Waals surface area contributed by atoms with Crippen molar-refractivity contribution in [2.75, 3.05) is 6.54 Å². The normalized spacial score (nSPS) is 26.5. The minimum absolute atomic E-state index is 0.0805. The van der Waals surface area contributed by atoms with E-state index in [1.54, 1.807) is 0 Å². The summed E-state index contributed by atoms with van der Waals surface area (Å²) in [6.07, 6.45) is -4.99. The molecule has 2 aromatic rings. The Morgan fingerprint density at radius 1 is 1.34 bits per heavy atom. The molecule has 1 aliphatic carbocycles. The molecule has 1 saturated heterocycles. The summed E-state index contributed by atoms with van der Waals surface area (Å²) in [5.74, 6) is -7.75. The van der Waals surface area contributed by atoms with Gasteiger partial charge in [0.05, 0.1) is 34.6 Å². The van der Waals surface area contributed by atoms with Crippen molar-refractivity contribution in [2.24, 2.45) is 23.0 Å². The lowest BCUT2D eigenvalue weighted by Gasteiger charge is -2.37. The molecule has 1 saturated carbocycles. The van der Waals surface area contributed by atoms with Crippen LogP contribution in [0, 0.1) is 17.3 Å². The minimum atomic E-state index is -4.70. The second-order valence-corrected chi connectivity index (χ2v) is 9.75. The van der Waals surface area contributed by atoms with Gasteiger partial charge in [0.1, 0.15) is 0 Å². The van der Waals surface area contributed by atoms with Gasteiger partial charge >= 0.3 is 12.1 Å². The largest absolute Gasteiger partial charge is 0.480 e. The van der Waals surface area contributed by atoms with Crippen molar-refractivity contribution in [3.8, 4) is 0 Å². The van der Waals surface area contributed by atoms with Gasteiger partial charge in [-0.05, 0) is 25.2 Å². The van der Waals surface area contributed by atoms with Crippen LogP contribution in [-0.4, -0.2) is 50.2 Å². The van der Waals surface area contributed by atoms with Gasteiger partial charge in [-0.25, -0.2) is 18.3 Å². The smallest absolute Gasteiger partial charge is 0.393 e. The van der Waals surface area contributed by atoms with E-state index in [1.165, 1.54) is 16.8 Å². The molecule has 3 heterocycles. The highest BCUT2D eigenvalue weighted by atomic mass is 35.5. The number of aromatic nitrogens is 3. The van der Waals surface area contributed by atoms with Crippen LogP contribution in [0.15, 0.2) is 12.3 Å². The minimum Gasteiger partial charge on any atom is -0.480 e. The van der Waals surface area contributed by atoms with Crippen molar-refractivity contribution in [3.63, 3.8) is 0 Å². The predicted molar refractivity (Wildman–Crippen MR) is 113 cm³/mol. The van der Waals surface area contributed by atoms with Crippen LogP contribution >= 0.6 is 11.6 Å². The number of alkyl halides is 5. The lowest BCUT2D eigenvalue weighted by Crippen LogP contribution is -2.57. The van der Waals surface area contributed by atoms with E-state index in [2.05, 4.69) is 10.1 Å². The maximum absolute atomic E-state index is 13.5. The summed E-state index contributed by atoms with van der Waals surface area (Å²) in [7, 11) is 0. The maximum Gasteiger partial charge on any atom is 0.393 e. The number of carbonyl (C=O) groups is 2. The number of rotatable bonds is 5. The van der Waals surface area contributed by atoms with Crippen molar-refractivity contribution >= 4 is 29.1 Å². The van der Waals surface area contributed by atoms with Crippen LogP contribution in [0.4, 0.5) is 22.0 Å². The van der Waals surface area contributed by atoms with Gasteiger partial charge in [0.25, 0.3) is 0 Å². The van der Waals surface area contributed by atoms with Gasteiger partial charge in [-0.15, -0.1) is 0 Å². The molecule has 8 nitrogen and oxygen atoms in total. The summed E-state index contributed by atoms with van der Waals surface area (Å²) in [4.78, 5) is 28.9. The standard InChI is InChI=1S/C21H23ClF5N5O3/c22-12-5-15-30-14(16(28)10-1-3-20(23,24)4-2-10)9-32(15)31-13(12)7-19(18(34)35)6-11(21(25,26)27)8-29-17(19)33/h5,9-11,16H,1-4,6-8,28H2,(H,29,33)(H,34,35)/t11-,16+,19+/m1/s1. The fourth-order valence-corrected chi connectivity index (χ4v) is 5.00. The molecule has 0 radical (unpaired) electrons. The number of nitrogens with two attached hydrogens (primary N) is 1. The van der Waals surface area contributed by atoms with E-state index in [1.807, 2.05) is 5.32 Å². The zero-order valence-electron chi connectivity index (χ0n) is 18.3. The van der Waals surface area contributed by atoms with Crippen LogP contribution in [0.2, 0.25) is 5.02 Å². The zero-order valence-corrected chi connectivity index (χ0v) is 19.0. The number of aliphatic carboxylic acids is 1. The molecule has 192 valence electrons. The molecule has 14 heteroatoms. The molecule has 35 heavy (non-hydrogen) atoms. The van der Waals surface area contributed by atoms with Gasteiger partial charge in [0.15, 0.2) is 11.1 Å². The van der Waals surface area contributed by atoms with Crippen molar-refractivity contribution in [1.82, 2.24) is 19.9 Å². The van der Waals surface area contributed by atoms with E-state index in [-0.39, 0.29) is 48.0 Å². The van der Waals surface area contributed by atoms with E-state index in [9.17, 15) is 36.6 Å². The van der Waals surface area contributed by atoms with E-state index >= 15 is 0 Å². The molecule has 2 fully saturated rings. The van der Waals surface area contributed by atoms with E-state index in [4.69, 9.17) is 17.3 Å². The molecule has 0 bridgehead atoms. The van der Waals surface area contributed by atoms with Gasteiger partial charge in [0.2, 0.25) is 11.8 Å². The Balaban J connectivity index is 1.62. The third-order valence-electron chi connectivity index (χ3n) is 6.98. The molecule has 0 spiro atoms.